The molecule has 0 aliphatic heterocycles. The van der Waals surface area contributed by atoms with E-state index in [0.29, 0.717) is 10.9 Å². The van der Waals surface area contributed by atoms with E-state index >= 15 is 0 Å². The molecule has 0 N–H and O–H groups in total. The molecule has 2 aliphatic rings. The minimum Gasteiger partial charge on any atom is -0.460 e. The number of esters is 1. The van der Waals surface area contributed by atoms with Crippen LogP contribution in [0.15, 0.2) is 54.6 Å². The molecule has 2 aliphatic carbocycles. The first kappa shape index (κ1) is 27.2. The molecule has 0 heterocycles. The van der Waals surface area contributed by atoms with E-state index in [1.165, 1.54) is 12.0 Å². The molecule has 0 amide bonds. The van der Waals surface area contributed by atoms with Gasteiger partial charge in [0.1, 0.15) is 5.60 Å². The highest BCUT2D eigenvalue weighted by Crippen LogP contribution is 2.67. The second kappa shape index (κ2) is 10.5. The molecule has 3 unspecified atom stereocenters. The van der Waals surface area contributed by atoms with Crippen LogP contribution in [-0.4, -0.2) is 36.2 Å². The zero-order valence-corrected chi connectivity index (χ0v) is 23.5. The van der Waals surface area contributed by atoms with Crippen molar-refractivity contribution in [3.8, 4) is 0 Å². The summed E-state index contributed by atoms with van der Waals surface area (Å²) in [6, 6.07) is 18.4. The highest BCUT2D eigenvalue weighted by atomic mass is 35.5. The maximum atomic E-state index is 13.2. The predicted octanol–water partition coefficient (Wildman–Crippen LogP) is 7.46. The number of ether oxygens (including phenoxy) is 2. The molecule has 2 aromatic carbocycles. The third kappa shape index (κ3) is 5.51. The Morgan fingerprint density at radius 1 is 1.11 bits per heavy atom. The number of carbonyl (C=O) groups excluding carboxylic acids is 1. The van der Waals surface area contributed by atoms with Crippen molar-refractivity contribution >= 4 is 17.6 Å². The van der Waals surface area contributed by atoms with Crippen molar-refractivity contribution < 1.29 is 14.3 Å². The lowest BCUT2D eigenvalue weighted by Crippen LogP contribution is -2.49. The number of nitrogens with zero attached hydrogens (tertiary/aromatic N) is 1. The van der Waals surface area contributed by atoms with Gasteiger partial charge in [-0.15, -0.1) is 0 Å². The van der Waals surface area contributed by atoms with Crippen molar-refractivity contribution in [2.75, 3.05) is 13.7 Å². The average molecular weight is 512 g/mol. The van der Waals surface area contributed by atoms with Crippen molar-refractivity contribution in [2.24, 2.45) is 16.7 Å². The number of hydrogen-bond donors (Lipinski definition) is 0. The summed E-state index contributed by atoms with van der Waals surface area (Å²) in [5, 5.41) is 0.693. The Morgan fingerprint density at radius 3 is 2.36 bits per heavy atom. The quantitative estimate of drug-likeness (QED) is 0.327. The maximum absolute atomic E-state index is 13.2. The van der Waals surface area contributed by atoms with Crippen LogP contribution in [0.3, 0.4) is 0 Å². The van der Waals surface area contributed by atoms with Crippen molar-refractivity contribution in [1.29, 1.82) is 0 Å². The van der Waals surface area contributed by atoms with E-state index in [1.807, 2.05) is 46.1 Å². The first-order chi connectivity index (χ1) is 16.9. The molecule has 0 aromatic heterocycles. The molecular weight excluding hydrogens is 470 g/mol. The normalized spacial score (nSPS) is 25.8. The molecule has 0 saturated heterocycles. The van der Waals surface area contributed by atoms with Gasteiger partial charge in [0.15, 0.2) is 0 Å². The third-order valence-corrected chi connectivity index (χ3v) is 9.08. The molecule has 4 atom stereocenters. The number of methoxy groups -OCH3 is 1. The second-order valence-corrected chi connectivity index (χ2v) is 12.8. The van der Waals surface area contributed by atoms with Crippen LogP contribution in [0, 0.1) is 16.7 Å². The average Bonchev–Trinajstić information content (AvgIpc) is 3.18. The molecule has 0 radical (unpaired) electrons. The van der Waals surface area contributed by atoms with Gasteiger partial charge in [-0.3, -0.25) is 9.69 Å². The molecule has 4 rings (SSSR count). The minimum absolute atomic E-state index is 0.0276. The Balaban J connectivity index is 1.75. The molecule has 2 bridgehead atoms. The van der Waals surface area contributed by atoms with Gasteiger partial charge in [0.05, 0.1) is 12.5 Å². The fraction of sp³-hybridized carbons (Fsp3) is 0.581. The van der Waals surface area contributed by atoms with E-state index < -0.39 is 5.60 Å². The number of carbonyl (C=O) groups is 1. The summed E-state index contributed by atoms with van der Waals surface area (Å²) < 4.78 is 12.0. The standard InChI is InChI=1S/C31H42ClNO3/c1-29(2,3)36-28(34)19-26(23-12-14-25(32)15-13-23)33(20-22-10-8-7-9-11-22)21-31-17-16-24(30(31,4)5)18-27(31)35-6/h7-15,24,26-27H,16-21H2,1-6H3/t24?,26-,27?,31?/m0/s1. The largest absolute Gasteiger partial charge is 0.460 e. The predicted molar refractivity (Wildman–Crippen MR) is 146 cm³/mol. The van der Waals surface area contributed by atoms with Gasteiger partial charge in [-0.1, -0.05) is 67.9 Å². The lowest BCUT2D eigenvalue weighted by atomic mass is 9.67. The van der Waals surface area contributed by atoms with Gasteiger partial charge >= 0.3 is 5.97 Å². The van der Waals surface area contributed by atoms with Crippen molar-refractivity contribution in [3.63, 3.8) is 0 Å². The number of benzene rings is 2. The summed E-state index contributed by atoms with van der Waals surface area (Å²) >= 11 is 6.26. The molecule has 2 saturated carbocycles. The summed E-state index contributed by atoms with van der Waals surface area (Å²) in [6.45, 7) is 12.2. The Bertz CT molecular complexity index is 1030. The molecule has 196 valence electrons. The van der Waals surface area contributed by atoms with E-state index in [-0.39, 0.29) is 35.4 Å². The monoisotopic (exact) mass is 511 g/mol. The zero-order chi connectivity index (χ0) is 26.1. The Labute approximate surface area is 222 Å². The fourth-order valence-corrected chi connectivity index (χ4v) is 6.97. The molecule has 0 spiro atoms. The topological polar surface area (TPSA) is 38.8 Å². The lowest BCUT2D eigenvalue weighted by Gasteiger charge is -2.47. The summed E-state index contributed by atoms with van der Waals surface area (Å²) in [5.74, 6) is 0.483. The number of rotatable bonds is 9. The van der Waals surface area contributed by atoms with Crippen LogP contribution in [0.2, 0.25) is 5.02 Å². The van der Waals surface area contributed by atoms with Gasteiger partial charge in [-0.2, -0.15) is 0 Å². The van der Waals surface area contributed by atoms with Gasteiger partial charge < -0.3 is 9.47 Å². The van der Waals surface area contributed by atoms with E-state index in [4.69, 9.17) is 21.1 Å². The highest BCUT2D eigenvalue weighted by Gasteiger charge is 2.64. The first-order valence-electron chi connectivity index (χ1n) is 13.2. The van der Waals surface area contributed by atoms with Crippen molar-refractivity contribution in [3.05, 3.63) is 70.7 Å². The Hall–Kier alpha value is -1.88. The van der Waals surface area contributed by atoms with Gasteiger partial charge in [0.2, 0.25) is 0 Å². The van der Waals surface area contributed by atoms with Gasteiger partial charge in [0.25, 0.3) is 0 Å². The van der Waals surface area contributed by atoms with Gasteiger partial charge in [-0.25, -0.2) is 0 Å². The van der Waals surface area contributed by atoms with E-state index in [1.54, 1.807) is 0 Å². The summed E-state index contributed by atoms with van der Waals surface area (Å²) in [4.78, 5) is 15.7. The van der Waals surface area contributed by atoms with E-state index in [2.05, 4.69) is 55.1 Å². The van der Waals surface area contributed by atoms with Crippen LogP contribution in [0.4, 0.5) is 0 Å². The van der Waals surface area contributed by atoms with E-state index in [9.17, 15) is 4.79 Å². The van der Waals surface area contributed by atoms with Gasteiger partial charge in [-0.05, 0) is 74.6 Å². The van der Waals surface area contributed by atoms with Crippen LogP contribution in [0.1, 0.15) is 77.5 Å². The molecule has 36 heavy (non-hydrogen) atoms. The van der Waals surface area contributed by atoms with Crippen LogP contribution < -0.4 is 0 Å². The third-order valence-electron chi connectivity index (χ3n) is 8.83. The van der Waals surface area contributed by atoms with Crippen molar-refractivity contribution in [1.82, 2.24) is 4.90 Å². The number of fused-ring (bicyclic) bond motifs is 2. The molecule has 4 nitrogen and oxygen atoms in total. The Morgan fingerprint density at radius 2 is 1.78 bits per heavy atom. The minimum atomic E-state index is -0.530. The lowest BCUT2D eigenvalue weighted by molar-refractivity contribution is -0.157. The highest BCUT2D eigenvalue weighted by molar-refractivity contribution is 6.30. The van der Waals surface area contributed by atoms with Gasteiger partial charge in [0, 0.05) is 36.7 Å². The molecule has 5 heteroatoms. The van der Waals surface area contributed by atoms with Crippen molar-refractivity contribution in [2.45, 2.75) is 84.6 Å². The number of hydrogen-bond acceptors (Lipinski definition) is 4. The Kier molecular flexibility index (Phi) is 7.90. The van der Waals surface area contributed by atoms with Crippen LogP contribution >= 0.6 is 11.6 Å². The van der Waals surface area contributed by atoms with Crippen LogP contribution in [-0.2, 0) is 20.8 Å². The smallest absolute Gasteiger partial charge is 0.308 e. The maximum Gasteiger partial charge on any atom is 0.308 e. The zero-order valence-electron chi connectivity index (χ0n) is 22.7. The second-order valence-electron chi connectivity index (χ2n) is 12.3. The van der Waals surface area contributed by atoms with Crippen LogP contribution in [0.5, 0.6) is 0 Å². The fourth-order valence-electron chi connectivity index (χ4n) is 6.84. The number of halogens is 1. The molecule has 2 aromatic rings. The van der Waals surface area contributed by atoms with E-state index in [0.717, 1.165) is 31.5 Å². The summed E-state index contributed by atoms with van der Waals surface area (Å²) in [7, 11) is 1.86. The van der Waals surface area contributed by atoms with Crippen LogP contribution in [0.25, 0.3) is 0 Å². The first-order valence-corrected chi connectivity index (χ1v) is 13.6. The summed E-state index contributed by atoms with van der Waals surface area (Å²) in [5.41, 5.74) is 1.98. The molecular formula is C31H42ClNO3. The SMILES string of the molecule is COC1CC2CCC1(CN(Cc1ccccc1)[C@@H](CC(=O)OC(C)(C)C)c1ccc(Cl)cc1)C2(C)C. The molecule has 2 fully saturated rings. The summed E-state index contributed by atoms with van der Waals surface area (Å²) in [6.07, 6.45) is 4.00.